The number of hydrogen-bond donors (Lipinski definition) is 1. The molecule has 3 fully saturated rings. The van der Waals surface area contributed by atoms with Crippen molar-refractivity contribution in [3.8, 4) is 11.9 Å². The molecular weight excluding hydrogens is 506 g/mol. The van der Waals surface area contributed by atoms with Crippen LogP contribution in [0.2, 0.25) is 0 Å². The molecule has 3 aromatic rings. The topological polar surface area (TPSA) is 120 Å². The van der Waals surface area contributed by atoms with Crippen molar-refractivity contribution in [2.24, 2.45) is 5.73 Å². The number of nitriles is 1. The highest BCUT2D eigenvalue weighted by Crippen LogP contribution is 2.31. The van der Waals surface area contributed by atoms with Gasteiger partial charge in [0.1, 0.15) is 11.9 Å². The number of anilines is 3. The van der Waals surface area contributed by atoms with Crippen LogP contribution >= 0.6 is 0 Å². The molecule has 1 aromatic carbocycles. The van der Waals surface area contributed by atoms with Gasteiger partial charge >= 0.3 is 0 Å². The van der Waals surface area contributed by atoms with Gasteiger partial charge in [0.25, 0.3) is 0 Å². The van der Waals surface area contributed by atoms with Gasteiger partial charge in [0.2, 0.25) is 11.8 Å². The van der Waals surface area contributed by atoms with Gasteiger partial charge < -0.3 is 29.9 Å². The SMILES string of the molecule is [2H]c1ccc2c(N3C[C@H](CN4CCN(c5nc(OC)cc(N6CC(C)(N)C6)n5)CC4)O[C@H](C)C3)ccc(C#N)c2n1. The van der Waals surface area contributed by atoms with Crippen LogP contribution in [-0.2, 0) is 4.74 Å². The molecule has 0 amide bonds. The van der Waals surface area contributed by atoms with Gasteiger partial charge in [0, 0.05) is 87.8 Å². The van der Waals surface area contributed by atoms with Crippen LogP contribution in [0.5, 0.6) is 5.88 Å². The lowest BCUT2D eigenvalue weighted by molar-refractivity contribution is -0.0327. The molecule has 11 nitrogen and oxygen atoms in total. The third kappa shape index (κ3) is 5.35. The molecule has 0 unspecified atom stereocenters. The van der Waals surface area contributed by atoms with Gasteiger partial charge in [-0.2, -0.15) is 15.2 Å². The molecule has 3 saturated heterocycles. The zero-order chi connectivity index (χ0) is 28.7. The quantitative estimate of drug-likeness (QED) is 0.490. The van der Waals surface area contributed by atoms with Gasteiger partial charge in [-0.1, -0.05) is 0 Å². The van der Waals surface area contributed by atoms with Crippen molar-refractivity contribution in [3.63, 3.8) is 0 Å². The van der Waals surface area contributed by atoms with E-state index in [2.05, 4.69) is 49.5 Å². The number of nitrogens with two attached hydrogens (primary N) is 1. The highest BCUT2D eigenvalue weighted by atomic mass is 16.5. The van der Waals surface area contributed by atoms with Crippen molar-refractivity contribution in [1.29, 1.82) is 5.26 Å². The Balaban J connectivity index is 1.11. The molecule has 0 spiro atoms. The summed E-state index contributed by atoms with van der Waals surface area (Å²) in [7, 11) is 1.63. The van der Waals surface area contributed by atoms with Gasteiger partial charge in [-0.05, 0) is 38.1 Å². The van der Waals surface area contributed by atoms with Crippen LogP contribution in [0, 0.1) is 11.3 Å². The van der Waals surface area contributed by atoms with Crippen molar-refractivity contribution in [1.82, 2.24) is 19.9 Å². The van der Waals surface area contributed by atoms with E-state index in [1.165, 1.54) is 0 Å². The van der Waals surface area contributed by atoms with E-state index >= 15 is 0 Å². The van der Waals surface area contributed by atoms with Crippen molar-refractivity contribution in [2.75, 3.05) is 80.7 Å². The average Bonchev–Trinajstić information content (AvgIpc) is 2.95. The number of benzene rings is 1. The van der Waals surface area contributed by atoms with E-state index in [9.17, 15) is 5.26 Å². The Kier molecular flexibility index (Phi) is 6.75. The van der Waals surface area contributed by atoms with Gasteiger partial charge in [0.15, 0.2) is 0 Å². The van der Waals surface area contributed by atoms with E-state index in [0.717, 1.165) is 75.8 Å². The van der Waals surface area contributed by atoms with Crippen LogP contribution in [0.1, 0.15) is 20.8 Å². The zero-order valence-electron chi connectivity index (χ0n) is 24.4. The fraction of sp³-hybridized carbons (Fsp3) is 0.517. The molecule has 3 aliphatic heterocycles. The molecule has 0 saturated carbocycles. The Morgan fingerprint density at radius 1 is 1.15 bits per heavy atom. The number of ether oxygens (including phenoxy) is 2. The summed E-state index contributed by atoms with van der Waals surface area (Å²) in [5, 5.41) is 10.5. The maximum atomic E-state index is 9.57. The fourth-order valence-corrected chi connectivity index (χ4v) is 6.03. The molecule has 0 aliphatic carbocycles. The van der Waals surface area contributed by atoms with Crippen molar-refractivity contribution in [3.05, 3.63) is 42.1 Å². The Labute approximate surface area is 236 Å². The number of methoxy groups -OCH3 is 1. The molecule has 11 heteroatoms. The Hall–Kier alpha value is -3.72. The lowest BCUT2D eigenvalue weighted by Crippen LogP contribution is -2.65. The molecule has 3 aliphatic rings. The summed E-state index contributed by atoms with van der Waals surface area (Å²) in [5.41, 5.74) is 8.13. The van der Waals surface area contributed by atoms with Crippen LogP contribution in [0.3, 0.4) is 0 Å². The summed E-state index contributed by atoms with van der Waals surface area (Å²) < 4.78 is 19.8. The maximum absolute atomic E-state index is 9.57. The average molecular weight is 545 g/mol. The summed E-state index contributed by atoms with van der Waals surface area (Å²) in [6.07, 6.45) is 0.258. The maximum Gasteiger partial charge on any atom is 0.230 e. The summed E-state index contributed by atoms with van der Waals surface area (Å²) in [4.78, 5) is 23.0. The number of piperazine rings is 1. The number of morpholine rings is 1. The standard InChI is InChI=1S/C29H37N9O2/c1-20-15-37(24-7-6-21(14-30)27-23(24)5-4-8-32-27)17-22(40-20)16-35-9-11-36(12-10-35)28-33-25(13-26(34-28)39-3)38-18-29(2,31)19-38/h4-8,13,20,22H,9-12,15-19,31H2,1-3H3/t20-,22+/m1/s1/i8D. The first-order valence-corrected chi connectivity index (χ1v) is 13.9. The predicted molar refractivity (Wildman–Crippen MR) is 155 cm³/mol. The molecular formula is C29H37N9O2. The first-order valence-electron chi connectivity index (χ1n) is 14.4. The minimum atomic E-state index is -0.187. The van der Waals surface area contributed by atoms with Crippen molar-refractivity contribution >= 4 is 28.4 Å². The number of nitrogens with zero attached hydrogens (tertiary/aromatic N) is 8. The number of rotatable bonds is 6. The van der Waals surface area contributed by atoms with E-state index in [-0.39, 0.29) is 23.9 Å². The number of pyridine rings is 1. The second kappa shape index (κ2) is 10.7. The summed E-state index contributed by atoms with van der Waals surface area (Å²) in [6, 6.07) is 11.5. The Morgan fingerprint density at radius 2 is 1.95 bits per heavy atom. The second-order valence-electron chi connectivity index (χ2n) is 11.4. The second-order valence-corrected chi connectivity index (χ2v) is 11.4. The van der Waals surface area contributed by atoms with Crippen LogP contribution in [-0.4, -0.2) is 104 Å². The first-order chi connectivity index (χ1) is 19.7. The van der Waals surface area contributed by atoms with Crippen LogP contribution in [0.15, 0.2) is 36.5 Å². The van der Waals surface area contributed by atoms with Gasteiger partial charge in [0.05, 0.1) is 31.8 Å². The van der Waals surface area contributed by atoms with E-state index in [4.69, 9.17) is 21.6 Å². The first kappa shape index (κ1) is 25.3. The third-order valence-electron chi connectivity index (χ3n) is 7.91. The third-order valence-corrected chi connectivity index (χ3v) is 7.91. The van der Waals surface area contributed by atoms with Gasteiger partial charge in [-0.25, -0.2) is 0 Å². The zero-order valence-corrected chi connectivity index (χ0v) is 23.4. The molecule has 2 atom stereocenters. The van der Waals surface area contributed by atoms with Crippen LogP contribution < -0.4 is 25.2 Å². The minimum absolute atomic E-state index is 0.0380. The number of aromatic nitrogens is 3. The van der Waals surface area contributed by atoms with Crippen molar-refractivity contribution in [2.45, 2.75) is 31.6 Å². The molecule has 6 rings (SSSR count). The van der Waals surface area contributed by atoms with Gasteiger partial charge in [-0.15, -0.1) is 0 Å². The van der Waals surface area contributed by atoms with Crippen molar-refractivity contribution < 1.29 is 10.8 Å². The lowest BCUT2D eigenvalue weighted by atomic mass is 9.94. The summed E-state index contributed by atoms with van der Waals surface area (Å²) >= 11 is 0. The molecule has 0 bridgehead atoms. The monoisotopic (exact) mass is 544 g/mol. The molecule has 2 aromatic heterocycles. The molecule has 210 valence electrons. The van der Waals surface area contributed by atoms with E-state index in [0.29, 0.717) is 22.9 Å². The van der Waals surface area contributed by atoms with Crippen LogP contribution in [0.4, 0.5) is 17.5 Å². The van der Waals surface area contributed by atoms with Crippen LogP contribution in [0.25, 0.3) is 10.9 Å². The number of fused-ring (bicyclic) bond motifs is 1. The molecule has 40 heavy (non-hydrogen) atoms. The smallest absolute Gasteiger partial charge is 0.230 e. The van der Waals surface area contributed by atoms with E-state index in [1.54, 1.807) is 19.2 Å². The molecule has 0 radical (unpaired) electrons. The molecule has 5 heterocycles. The van der Waals surface area contributed by atoms with E-state index < -0.39 is 0 Å². The molecule has 2 N–H and O–H groups in total. The summed E-state index contributed by atoms with van der Waals surface area (Å²) in [6.45, 7) is 11.4. The highest BCUT2D eigenvalue weighted by molar-refractivity contribution is 5.95. The van der Waals surface area contributed by atoms with E-state index in [1.807, 2.05) is 18.2 Å². The Morgan fingerprint density at radius 3 is 2.67 bits per heavy atom. The minimum Gasteiger partial charge on any atom is -0.481 e. The summed E-state index contributed by atoms with van der Waals surface area (Å²) in [5.74, 6) is 2.11. The highest BCUT2D eigenvalue weighted by Gasteiger charge is 2.36. The predicted octanol–water partition coefficient (Wildman–Crippen LogP) is 1.86. The fourth-order valence-electron chi connectivity index (χ4n) is 6.03. The Bertz CT molecular complexity index is 1460. The van der Waals surface area contributed by atoms with Gasteiger partial charge in [-0.3, -0.25) is 9.88 Å². The number of hydrogen-bond acceptors (Lipinski definition) is 11. The normalized spacial score (nSPS) is 23.5. The lowest BCUT2D eigenvalue weighted by Gasteiger charge is -2.46. The largest absolute Gasteiger partial charge is 0.481 e.